The van der Waals surface area contributed by atoms with Crippen LogP contribution in [0.1, 0.15) is 25.3 Å². The number of rotatable bonds is 5. The maximum Gasteiger partial charge on any atom is 0.165 e. The molecule has 2 rings (SSSR count). The van der Waals surface area contributed by atoms with Crippen molar-refractivity contribution in [2.45, 2.75) is 32.4 Å². The highest BCUT2D eigenvalue weighted by Gasteiger charge is 2.26. The van der Waals surface area contributed by atoms with Crippen molar-refractivity contribution in [3.63, 3.8) is 0 Å². The fraction of sp³-hybridized carbons (Fsp3) is 0.571. The summed E-state index contributed by atoms with van der Waals surface area (Å²) in [6, 6.07) is 4.60. The predicted molar refractivity (Wildman–Crippen MR) is 67.9 cm³/mol. The molecule has 4 heteroatoms. The smallest absolute Gasteiger partial charge is 0.165 e. The Hall–Kier alpha value is -1.13. The molecule has 0 aliphatic carbocycles. The molecule has 1 aromatic carbocycles. The monoisotopic (exact) mass is 253 g/mol. The Kier molecular flexibility index (Phi) is 4.55. The van der Waals surface area contributed by atoms with Crippen LogP contribution in [0.25, 0.3) is 0 Å². The quantitative estimate of drug-likeness (QED) is 0.847. The van der Waals surface area contributed by atoms with Crippen LogP contribution in [-0.4, -0.2) is 24.4 Å². The molecule has 2 atom stereocenters. The lowest BCUT2D eigenvalue weighted by Crippen LogP contribution is -2.28. The lowest BCUT2D eigenvalue weighted by molar-refractivity contribution is 0.0872. The molecule has 1 aromatic rings. The van der Waals surface area contributed by atoms with Crippen molar-refractivity contribution < 1.29 is 14.2 Å². The second-order valence-corrected chi connectivity index (χ2v) is 4.74. The third-order valence-corrected chi connectivity index (χ3v) is 3.54. The third-order valence-electron chi connectivity index (χ3n) is 3.54. The van der Waals surface area contributed by atoms with Crippen LogP contribution in [-0.2, 0) is 11.3 Å². The summed E-state index contributed by atoms with van der Waals surface area (Å²) in [7, 11) is 0. The standard InChI is InChI=1S/C14H20FNO2/c1-2-13-10(6-7-18-13)8-16-9-11-4-3-5-12(15)14(11)17/h3-5,10,13,16-17H,2,6-9H2,1H3. The first kappa shape index (κ1) is 13.3. The van der Waals surface area contributed by atoms with E-state index in [9.17, 15) is 9.50 Å². The van der Waals surface area contributed by atoms with Gasteiger partial charge in [0.2, 0.25) is 0 Å². The lowest BCUT2D eigenvalue weighted by atomic mass is 9.99. The van der Waals surface area contributed by atoms with Gasteiger partial charge in [-0.15, -0.1) is 0 Å². The molecule has 0 radical (unpaired) electrons. The SMILES string of the molecule is CCC1OCCC1CNCc1cccc(F)c1O. The van der Waals surface area contributed by atoms with Crippen LogP contribution in [0.3, 0.4) is 0 Å². The molecule has 2 unspecified atom stereocenters. The minimum Gasteiger partial charge on any atom is -0.505 e. The average molecular weight is 253 g/mol. The maximum atomic E-state index is 13.1. The molecule has 0 bridgehead atoms. The van der Waals surface area contributed by atoms with Gasteiger partial charge in [0.05, 0.1) is 6.10 Å². The normalized spacial score (nSPS) is 23.4. The molecule has 1 heterocycles. The van der Waals surface area contributed by atoms with Crippen molar-refractivity contribution in [1.82, 2.24) is 5.32 Å². The number of nitrogens with one attached hydrogen (secondary N) is 1. The Morgan fingerprint density at radius 2 is 2.33 bits per heavy atom. The molecule has 0 spiro atoms. The van der Waals surface area contributed by atoms with Crippen molar-refractivity contribution in [3.05, 3.63) is 29.6 Å². The van der Waals surface area contributed by atoms with E-state index in [-0.39, 0.29) is 5.75 Å². The largest absolute Gasteiger partial charge is 0.505 e. The average Bonchev–Trinajstić information content (AvgIpc) is 2.82. The zero-order chi connectivity index (χ0) is 13.0. The summed E-state index contributed by atoms with van der Waals surface area (Å²) in [5.74, 6) is -0.296. The molecule has 100 valence electrons. The number of para-hydroxylation sites is 1. The molecular weight excluding hydrogens is 233 g/mol. The molecule has 1 saturated heterocycles. The van der Waals surface area contributed by atoms with Gasteiger partial charge in [-0.25, -0.2) is 4.39 Å². The second-order valence-electron chi connectivity index (χ2n) is 4.74. The minimum absolute atomic E-state index is 0.250. The van der Waals surface area contributed by atoms with E-state index >= 15 is 0 Å². The number of phenols is 1. The van der Waals surface area contributed by atoms with Crippen LogP contribution >= 0.6 is 0 Å². The van der Waals surface area contributed by atoms with Gasteiger partial charge in [0.15, 0.2) is 11.6 Å². The van der Waals surface area contributed by atoms with Crippen LogP contribution in [0, 0.1) is 11.7 Å². The fourth-order valence-electron chi connectivity index (χ4n) is 2.47. The van der Waals surface area contributed by atoms with E-state index in [0.717, 1.165) is 26.0 Å². The van der Waals surface area contributed by atoms with E-state index in [1.165, 1.54) is 6.07 Å². The Morgan fingerprint density at radius 1 is 1.50 bits per heavy atom. The Labute approximate surface area is 107 Å². The Balaban J connectivity index is 1.83. The van der Waals surface area contributed by atoms with Gasteiger partial charge in [0.25, 0.3) is 0 Å². The molecule has 0 amide bonds. The first-order valence-electron chi connectivity index (χ1n) is 6.51. The second kappa shape index (κ2) is 6.16. The van der Waals surface area contributed by atoms with Crippen molar-refractivity contribution in [2.24, 2.45) is 5.92 Å². The summed E-state index contributed by atoms with van der Waals surface area (Å²) in [6.07, 6.45) is 2.43. The molecule has 1 aliphatic heterocycles. The van der Waals surface area contributed by atoms with Crippen molar-refractivity contribution in [3.8, 4) is 5.75 Å². The maximum absolute atomic E-state index is 13.1. The number of hydrogen-bond donors (Lipinski definition) is 2. The van der Waals surface area contributed by atoms with Gasteiger partial charge in [0.1, 0.15) is 0 Å². The first-order valence-corrected chi connectivity index (χ1v) is 6.51. The van der Waals surface area contributed by atoms with Crippen LogP contribution < -0.4 is 5.32 Å². The van der Waals surface area contributed by atoms with Crippen LogP contribution in [0.5, 0.6) is 5.75 Å². The Bertz CT molecular complexity index is 397. The number of aromatic hydroxyl groups is 1. The molecule has 1 fully saturated rings. The van der Waals surface area contributed by atoms with Crippen molar-refractivity contribution in [1.29, 1.82) is 0 Å². The van der Waals surface area contributed by atoms with Gasteiger partial charge < -0.3 is 15.2 Å². The van der Waals surface area contributed by atoms with Gasteiger partial charge >= 0.3 is 0 Å². The summed E-state index contributed by atoms with van der Waals surface area (Å²) in [5.41, 5.74) is 0.599. The van der Waals surface area contributed by atoms with Crippen molar-refractivity contribution in [2.75, 3.05) is 13.2 Å². The number of hydrogen-bond acceptors (Lipinski definition) is 3. The van der Waals surface area contributed by atoms with E-state index in [1.54, 1.807) is 12.1 Å². The van der Waals surface area contributed by atoms with E-state index in [2.05, 4.69) is 12.2 Å². The summed E-state index contributed by atoms with van der Waals surface area (Å²) >= 11 is 0. The molecule has 3 nitrogen and oxygen atoms in total. The summed E-state index contributed by atoms with van der Waals surface area (Å²) in [4.78, 5) is 0. The predicted octanol–water partition coefficient (Wildman–Crippen LogP) is 2.44. The number of ether oxygens (including phenoxy) is 1. The highest BCUT2D eigenvalue weighted by atomic mass is 19.1. The molecule has 0 aromatic heterocycles. The van der Waals surface area contributed by atoms with Gasteiger partial charge in [0, 0.05) is 25.3 Å². The van der Waals surface area contributed by atoms with E-state index in [1.807, 2.05) is 0 Å². The molecule has 18 heavy (non-hydrogen) atoms. The van der Waals surface area contributed by atoms with E-state index in [0.29, 0.717) is 24.1 Å². The lowest BCUT2D eigenvalue weighted by Gasteiger charge is -2.17. The van der Waals surface area contributed by atoms with E-state index < -0.39 is 5.82 Å². The van der Waals surface area contributed by atoms with E-state index in [4.69, 9.17) is 4.74 Å². The molecule has 1 aliphatic rings. The fourth-order valence-corrected chi connectivity index (χ4v) is 2.47. The highest BCUT2D eigenvalue weighted by molar-refractivity contribution is 5.33. The van der Waals surface area contributed by atoms with Gasteiger partial charge in [-0.1, -0.05) is 19.1 Å². The zero-order valence-corrected chi connectivity index (χ0v) is 10.7. The summed E-state index contributed by atoms with van der Waals surface area (Å²) < 4.78 is 18.7. The Morgan fingerprint density at radius 3 is 3.11 bits per heavy atom. The number of phenolic OH excluding ortho intramolecular Hbond substituents is 1. The molecular formula is C14H20FNO2. The van der Waals surface area contributed by atoms with Crippen molar-refractivity contribution >= 4 is 0 Å². The first-order chi connectivity index (χ1) is 8.72. The topological polar surface area (TPSA) is 41.5 Å². The van der Waals surface area contributed by atoms with Crippen LogP contribution in [0.4, 0.5) is 4.39 Å². The summed E-state index contributed by atoms with van der Waals surface area (Å²) in [5, 5.41) is 12.8. The molecule has 0 saturated carbocycles. The number of halogens is 1. The molecule has 2 N–H and O–H groups in total. The van der Waals surface area contributed by atoms with Crippen LogP contribution in [0.2, 0.25) is 0 Å². The number of benzene rings is 1. The van der Waals surface area contributed by atoms with Gasteiger partial charge in [-0.3, -0.25) is 0 Å². The van der Waals surface area contributed by atoms with Gasteiger partial charge in [-0.05, 0) is 24.8 Å². The van der Waals surface area contributed by atoms with Gasteiger partial charge in [-0.2, -0.15) is 0 Å². The highest BCUT2D eigenvalue weighted by Crippen LogP contribution is 2.23. The van der Waals surface area contributed by atoms with Crippen LogP contribution in [0.15, 0.2) is 18.2 Å². The zero-order valence-electron chi connectivity index (χ0n) is 10.7. The minimum atomic E-state index is -0.565. The summed E-state index contributed by atoms with van der Waals surface area (Å²) in [6.45, 7) is 4.28. The third kappa shape index (κ3) is 3.00.